The smallest absolute Gasteiger partial charge is 0.223 e. The zero-order valence-corrected chi connectivity index (χ0v) is 13.8. The van der Waals surface area contributed by atoms with E-state index in [2.05, 4.69) is 5.16 Å². The Labute approximate surface area is 141 Å². The first-order valence-electron chi connectivity index (χ1n) is 8.13. The highest BCUT2D eigenvalue weighted by atomic mass is 16.5. The molecule has 3 rings (SSSR count). The van der Waals surface area contributed by atoms with Gasteiger partial charge < -0.3 is 19.3 Å². The fourth-order valence-corrected chi connectivity index (χ4v) is 2.87. The Bertz CT molecular complexity index is 686. The van der Waals surface area contributed by atoms with E-state index in [-0.39, 0.29) is 12.5 Å². The van der Waals surface area contributed by atoms with Gasteiger partial charge in [-0.2, -0.15) is 0 Å². The molecule has 0 radical (unpaired) electrons. The molecule has 0 bridgehead atoms. The number of aromatic nitrogens is 1. The molecule has 1 aliphatic heterocycles. The van der Waals surface area contributed by atoms with Gasteiger partial charge in [0.25, 0.3) is 0 Å². The fraction of sp³-hybridized carbons (Fsp3) is 0.444. The number of amides is 1. The Morgan fingerprint density at radius 3 is 3.08 bits per heavy atom. The zero-order valence-electron chi connectivity index (χ0n) is 13.8. The predicted octanol–water partition coefficient (Wildman–Crippen LogP) is 1.96. The minimum atomic E-state index is -0.994. The number of likely N-dealkylation sites (tertiary alicyclic amines) is 1. The summed E-state index contributed by atoms with van der Waals surface area (Å²) in [6, 6.07) is 9.46. The van der Waals surface area contributed by atoms with Gasteiger partial charge in [-0.15, -0.1) is 0 Å². The summed E-state index contributed by atoms with van der Waals surface area (Å²) >= 11 is 0. The minimum absolute atomic E-state index is 0.0119. The molecule has 1 aromatic heterocycles. The van der Waals surface area contributed by atoms with Crippen LogP contribution in [0.5, 0.6) is 5.75 Å². The third kappa shape index (κ3) is 4.14. The summed E-state index contributed by atoms with van der Waals surface area (Å²) in [6.45, 7) is 3.02. The molecule has 1 fully saturated rings. The first-order valence-corrected chi connectivity index (χ1v) is 8.13. The number of carbonyl (C=O) groups excluding carboxylic acids is 1. The molecule has 2 aromatic rings. The molecule has 1 atom stereocenters. The summed E-state index contributed by atoms with van der Waals surface area (Å²) in [6.07, 6.45) is 2.96. The molecule has 1 aromatic carbocycles. The molecular formula is C18H22N2O4. The third-order valence-electron chi connectivity index (χ3n) is 4.26. The van der Waals surface area contributed by atoms with Crippen molar-refractivity contribution >= 4 is 5.91 Å². The van der Waals surface area contributed by atoms with Gasteiger partial charge in [0, 0.05) is 25.5 Å². The molecule has 1 unspecified atom stereocenters. The van der Waals surface area contributed by atoms with E-state index in [0.29, 0.717) is 38.1 Å². The molecule has 0 saturated carbocycles. The number of carbonyl (C=O) groups is 1. The first-order chi connectivity index (χ1) is 11.5. The molecule has 2 heterocycles. The number of aryl methyl sites for hydroxylation is 2. The Kier molecular flexibility index (Phi) is 4.85. The van der Waals surface area contributed by atoms with E-state index < -0.39 is 5.60 Å². The van der Waals surface area contributed by atoms with Crippen molar-refractivity contribution in [2.75, 3.05) is 19.7 Å². The zero-order chi connectivity index (χ0) is 17.0. The molecule has 1 N–H and O–H groups in total. The van der Waals surface area contributed by atoms with Crippen LogP contribution in [-0.4, -0.2) is 46.4 Å². The second-order valence-corrected chi connectivity index (χ2v) is 6.37. The molecule has 6 nitrogen and oxygen atoms in total. The Morgan fingerprint density at radius 2 is 2.33 bits per heavy atom. The van der Waals surface area contributed by atoms with Crippen molar-refractivity contribution in [1.29, 1.82) is 0 Å². The highest BCUT2D eigenvalue weighted by Crippen LogP contribution is 2.24. The highest BCUT2D eigenvalue weighted by Gasteiger charge is 2.38. The lowest BCUT2D eigenvalue weighted by atomic mass is 10.1. The monoisotopic (exact) mass is 330 g/mol. The average Bonchev–Trinajstić information content (AvgIpc) is 3.21. The van der Waals surface area contributed by atoms with Gasteiger partial charge in [-0.1, -0.05) is 17.3 Å². The van der Waals surface area contributed by atoms with Gasteiger partial charge in [-0.3, -0.25) is 4.79 Å². The highest BCUT2D eigenvalue weighted by molar-refractivity contribution is 5.76. The maximum atomic E-state index is 12.3. The standard InChI is InChI=1S/C18H22N2O4/c1-14-3-2-4-16(11-14)23-13-18(22)8-10-20(12-18)17(21)6-5-15-7-9-19-24-15/h2-4,7,9,11,22H,5-6,8,10,12-13H2,1H3. The van der Waals surface area contributed by atoms with E-state index in [1.807, 2.05) is 31.2 Å². The summed E-state index contributed by atoms with van der Waals surface area (Å²) in [5.74, 6) is 1.44. The number of rotatable bonds is 6. The number of aliphatic hydroxyl groups is 1. The number of nitrogens with zero attached hydrogens (tertiary/aromatic N) is 2. The fourth-order valence-electron chi connectivity index (χ4n) is 2.87. The molecule has 0 aliphatic carbocycles. The molecule has 1 saturated heterocycles. The second kappa shape index (κ2) is 7.05. The predicted molar refractivity (Wildman–Crippen MR) is 87.6 cm³/mol. The van der Waals surface area contributed by atoms with Crippen LogP contribution in [0.15, 0.2) is 41.1 Å². The van der Waals surface area contributed by atoms with E-state index in [0.717, 1.165) is 11.3 Å². The average molecular weight is 330 g/mol. The molecule has 1 amide bonds. The number of β-amino-alcohol motifs (C(OH)–C–C–N with tert-alkyl or cyclic N) is 1. The Hall–Kier alpha value is -2.34. The van der Waals surface area contributed by atoms with E-state index in [1.165, 1.54) is 0 Å². The van der Waals surface area contributed by atoms with Crippen LogP contribution in [0.25, 0.3) is 0 Å². The van der Waals surface area contributed by atoms with Gasteiger partial charge in [0.15, 0.2) is 0 Å². The summed E-state index contributed by atoms with van der Waals surface area (Å²) in [5, 5.41) is 14.3. The van der Waals surface area contributed by atoms with Crippen LogP contribution in [0, 0.1) is 6.92 Å². The minimum Gasteiger partial charge on any atom is -0.491 e. The number of benzene rings is 1. The van der Waals surface area contributed by atoms with Crippen molar-refractivity contribution in [1.82, 2.24) is 10.1 Å². The number of hydrogen-bond acceptors (Lipinski definition) is 5. The Balaban J connectivity index is 1.48. The van der Waals surface area contributed by atoms with Crippen molar-refractivity contribution in [2.45, 2.75) is 31.8 Å². The topological polar surface area (TPSA) is 75.8 Å². The largest absolute Gasteiger partial charge is 0.491 e. The molecular weight excluding hydrogens is 308 g/mol. The van der Waals surface area contributed by atoms with E-state index in [1.54, 1.807) is 17.2 Å². The van der Waals surface area contributed by atoms with Crippen molar-refractivity contribution in [3.05, 3.63) is 47.9 Å². The van der Waals surface area contributed by atoms with Crippen molar-refractivity contribution in [2.24, 2.45) is 0 Å². The Morgan fingerprint density at radius 1 is 1.46 bits per heavy atom. The molecule has 6 heteroatoms. The van der Waals surface area contributed by atoms with Gasteiger partial charge >= 0.3 is 0 Å². The van der Waals surface area contributed by atoms with Gasteiger partial charge in [0.05, 0.1) is 12.7 Å². The summed E-state index contributed by atoms with van der Waals surface area (Å²) in [5.41, 5.74) is 0.112. The van der Waals surface area contributed by atoms with Crippen LogP contribution in [0.1, 0.15) is 24.2 Å². The van der Waals surface area contributed by atoms with Crippen molar-refractivity contribution in [3.8, 4) is 5.75 Å². The van der Waals surface area contributed by atoms with E-state index in [4.69, 9.17) is 9.26 Å². The lowest BCUT2D eigenvalue weighted by Crippen LogP contribution is -2.40. The van der Waals surface area contributed by atoms with Crippen LogP contribution in [0.2, 0.25) is 0 Å². The van der Waals surface area contributed by atoms with Crippen molar-refractivity contribution in [3.63, 3.8) is 0 Å². The van der Waals surface area contributed by atoms with Crippen LogP contribution in [0.4, 0.5) is 0 Å². The molecule has 0 spiro atoms. The van der Waals surface area contributed by atoms with Gasteiger partial charge in [0.1, 0.15) is 23.7 Å². The normalized spacial score (nSPS) is 20.3. The molecule has 128 valence electrons. The summed E-state index contributed by atoms with van der Waals surface area (Å²) in [4.78, 5) is 13.9. The van der Waals surface area contributed by atoms with Gasteiger partial charge in [-0.05, 0) is 31.0 Å². The lowest BCUT2D eigenvalue weighted by Gasteiger charge is -2.23. The van der Waals surface area contributed by atoms with Gasteiger partial charge in [0.2, 0.25) is 5.91 Å². The van der Waals surface area contributed by atoms with E-state index >= 15 is 0 Å². The summed E-state index contributed by atoms with van der Waals surface area (Å²) < 4.78 is 10.7. The second-order valence-electron chi connectivity index (χ2n) is 6.37. The maximum Gasteiger partial charge on any atom is 0.223 e. The van der Waals surface area contributed by atoms with Crippen LogP contribution in [0.3, 0.4) is 0 Å². The maximum absolute atomic E-state index is 12.3. The summed E-state index contributed by atoms with van der Waals surface area (Å²) in [7, 11) is 0. The van der Waals surface area contributed by atoms with E-state index in [9.17, 15) is 9.90 Å². The van der Waals surface area contributed by atoms with Crippen LogP contribution in [-0.2, 0) is 11.2 Å². The van der Waals surface area contributed by atoms with Gasteiger partial charge in [-0.25, -0.2) is 0 Å². The third-order valence-corrected chi connectivity index (χ3v) is 4.26. The van der Waals surface area contributed by atoms with Crippen LogP contribution >= 0.6 is 0 Å². The first kappa shape index (κ1) is 16.5. The van der Waals surface area contributed by atoms with Crippen molar-refractivity contribution < 1.29 is 19.2 Å². The quantitative estimate of drug-likeness (QED) is 0.876. The van der Waals surface area contributed by atoms with Crippen LogP contribution < -0.4 is 4.74 Å². The number of hydrogen-bond donors (Lipinski definition) is 1. The number of ether oxygens (including phenoxy) is 1. The molecule has 24 heavy (non-hydrogen) atoms. The molecule has 1 aliphatic rings. The lowest BCUT2D eigenvalue weighted by molar-refractivity contribution is -0.131. The SMILES string of the molecule is Cc1cccc(OCC2(O)CCN(C(=O)CCc3ccno3)C2)c1.